The van der Waals surface area contributed by atoms with E-state index < -0.39 is 12.1 Å². The largest absolute Gasteiger partial charge is 0.451 e. The van der Waals surface area contributed by atoms with E-state index in [2.05, 4.69) is 12.2 Å². The lowest BCUT2D eigenvalue weighted by molar-refractivity contribution is -0.124. The molecule has 172 valence electrons. The monoisotopic (exact) mass is 455 g/mol. The molecule has 7 unspecified atom stereocenters. The average Bonchev–Trinajstić information content (AvgIpc) is 3.62. The van der Waals surface area contributed by atoms with Gasteiger partial charge in [-0.1, -0.05) is 42.0 Å². The molecule has 4 aliphatic carbocycles. The predicted octanol–water partition coefficient (Wildman–Crippen LogP) is 3.98. The van der Waals surface area contributed by atoms with Crippen molar-refractivity contribution >= 4 is 29.3 Å². The number of Topliss-reactive ketones (excluding diaryl/α,β-unsaturated/α-hetero) is 1. The van der Waals surface area contributed by atoms with E-state index in [0.29, 0.717) is 23.1 Å². The summed E-state index contributed by atoms with van der Waals surface area (Å²) in [5.41, 5.74) is 2.25. The van der Waals surface area contributed by atoms with Crippen molar-refractivity contribution in [2.24, 2.45) is 35.5 Å². The summed E-state index contributed by atoms with van der Waals surface area (Å²) in [6, 6.07) is 13.4. The van der Waals surface area contributed by atoms with Gasteiger partial charge in [0, 0.05) is 5.56 Å². The van der Waals surface area contributed by atoms with Crippen molar-refractivity contribution < 1.29 is 23.9 Å². The fourth-order valence-electron chi connectivity index (χ4n) is 6.19. The third kappa shape index (κ3) is 3.08. The summed E-state index contributed by atoms with van der Waals surface area (Å²) in [6.07, 6.45) is 4.48. The SMILES string of the molecule is Cc1ccc(C(=O)C(C)OC(=O)c2ccc(N3C(=O)C4C5C=CC(C6CC56)C4C3=O)cc2)cc1. The molecule has 0 spiro atoms. The summed E-state index contributed by atoms with van der Waals surface area (Å²) in [5.74, 6) is -0.249. The van der Waals surface area contributed by atoms with E-state index in [9.17, 15) is 19.2 Å². The summed E-state index contributed by atoms with van der Waals surface area (Å²) >= 11 is 0. The number of ketones is 1. The summed E-state index contributed by atoms with van der Waals surface area (Å²) in [4.78, 5) is 53.0. The number of aryl methyl sites for hydroxylation is 1. The fourth-order valence-corrected chi connectivity index (χ4v) is 6.19. The molecule has 34 heavy (non-hydrogen) atoms. The zero-order chi connectivity index (χ0) is 23.7. The molecule has 2 amide bonds. The second-order valence-corrected chi connectivity index (χ2v) is 9.99. The molecule has 0 aromatic heterocycles. The molecule has 1 aliphatic heterocycles. The number of anilines is 1. The van der Waals surface area contributed by atoms with Crippen LogP contribution in [0.5, 0.6) is 0 Å². The first kappa shape index (κ1) is 21.0. The van der Waals surface area contributed by atoms with Gasteiger partial charge >= 0.3 is 5.97 Å². The molecule has 2 aromatic rings. The molecule has 1 heterocycles. The lowest BCUT2D eigenvalue weighted by atomic mass is 9.63. The van der Waals surface area contributed by atoms with Gasteiger partial charge in [-0.25, -0.2) is 4.79 Å². The lowest BCUT2D eigenvalue weighted by Gasteiger charge is -2.37. The van der Waals surface area contributed by atoms with Gasteiger partial charge in [-0.3, -0.25) is 19.3 Å². The number of esters is 1. The number of hydrogen-bond donors (Lipinski definition) is 0. The lowest BCUT2D eigenvalue weighted by Crippen LogP contribution is -2.40. The van der Waals surface area contributed by atoms with Gasteiger partial charge in [0.05, 0.1) is 23.1 Å². The van der Waals surface area contributed by atoms with Crippen LogP contribution in [0.15, 0.2) is 60.7 Å². The third-order valence-electron chi connectivity index (χ3n) is 8.01. The van der Waals surface area contributed by atoms with Gasteiger partial charge < -0.3 is 4.74 Å². The summed E-state index contributed by atoms with van der Waals surface area (Å²) < 4.78 is 5.38. The van der Waals surface area contributed by atoms with Crippen molar-refractivity contribution in [3.8, 4) is 0 Å². The Hall–Kier alpha value is -3.54. The molecule has 2 bridgehead atoms. The van der Waals surface area contributed by atoms with Crippen molar-refractivity contribution in [2.45, 2.75) is 26.4 Å². The van der Waals surface area contributed by atoms with E-state index in [4.69, 9.17) is 4.74 Å². The highest BCUT2D eigenvalue weighted by Gasteiger charge is 2.67. The van der Waals surface area contributed by atoms with Crippen LogP contribution in [0.25, 0.3) is 0 Å². The number of imide groups is 1. The Morgan fingerprint density at radius 2 is 1.38 bits per heavy atom. The topological polar surface area (TPSA) is 80.8 Å². The molecule has 2 saturated carbocycles. The first-order valence-electron chi connectivity index (χ1n) is 11.8. The number of hydrogen-bond acceptors (Lipinski definition) is 5. The Morgan fingerprint density at radius 1 is 0.853 bits per heavy atom. The second kappa shape index (κ2) is 7.49. The molecule has 6 heteroatoms. The van der Waals surface area contributed by atoms with Crippen LogP contribution in [0, 0.1) is 42.4 Å². The van der Waals surface area contributed by atoms with E-state index in [1.54, 1.807) is 31.2 Å². The highest BCUT2D eigenvalue weighted by atomic mass is 16.5. The molecule has 5 aliphatic rings. The minimum absolute atomic E-state index is 0.132. The maximum atomic E-state index is 13.2. The van der Waals surface area contributed by atoms with Gasteiger partial charge in [0.25, 0.3) is 0 Å². The molecule has 1 saturated heterocycles. The van der Waals surface area contributed by atoms with Gasteiger partial charge in [-0.05, 0) is 68.2 Å². The van der Waals surface area contributed by atoms with Gasteiger partial charge in [-0.2, -0.15) is 0 Å². The number of benzene rings is 2. The second-order valence-electron chi connectivity index (χ2n) is 9.99. The summed E-state index contributed by atoms with van der Waals surface area (Å²) in [7, 11) is 0. The molecule has 7 atom stereocenters. The first-order chi connectivity index (χ1) is 16.3. The molecule has 0 radical (unpaired) electrons. The third-order valence-corrected chi connectivity index (χ3v) is 8.01. The zero-order valence-corrected chi connectivity index (χ0v) is 19.0. The number of amides is 2. The number of carbonyl (C=O) groups is 4. The van der Waals surface area contributed by atoms with E-state index in [1.165, 1.54) is 17.0 Å². The van der Waals surface area contributed by atoms with Crippen LogP contribution in [0.4, 0.5) is 5.69 Å². The van der Waals surface area contributed by atoms with Crippen LogP contribution in [-0.2, 0) is 14.3 Å². The smallest absolute Gasteiger partial charge is 0.338 e. The number of nitrogens with zero attached hydrogens (tertiary/aromatic N) is 1. The van der Waals surface area contributed by atoms with E-state index >= 15 is 0 Å². The Morgan fingerprint density at radius 3 is 1.94 bits per heavy atom. The average molecular weight is 456 g/mol. The van der Waals surface area contributed by atoms with Gasteiger partial charge in [0.15, 0.2) is 6.10 Å². The normalized spacial score (nSPS) is 31.2. The maximum absolute atomic E-state index is 13.2. The first-order valence-corrected chi connectivity index (χ1v) is 11.8. The van der Waals surface area contributed by atoms with Gasteiger partial charge in [0.2, 0.25) is 17.6 Å². The summed E-state index contributed by atoms with van der Waals surface area (Å²) in [6.45, 7) is 3.48. The minimum Gasteiger partial charge on any atom is -0.451 e. The quantitative estimate of drug-likeness (QED) is 0.295. The highest BCUT2D eigenvalue weighted by Crippen LogP contribution is 2.65. The van der Waals surface area contributed by atoms with E-state index in [1.807, 2.05) is 19.1 Å². The van der Waals surface area contributed by atoms with Crippen LogP contribution in [0.3, 0.4) is 0 Å². The van der Waals surface area contributed by atoms with Crippen LogP contribution in [-0.4, -0.2) is 29.7 Å². The van der Waals surface area contributed by atoms with Crippen molar-refractivity contribution in [2.75, 3.05) is 4.90 Å². The number of ether oxygens (including phenoxy) is 1. The Bertz CT molecular complexity index is 1210. The van der Waals surface area contributed by atoms with Crippen LogP contribution in [0.1, 0.15) is 39.6 Å². The minimum atomic E-state index is -0.936. The van der Waals surface area contributed by atoms with Crippen LogP contribution >= 0.6 is 0 Å². The van der Waals surface area contributed by atoms with Crippen LogP contribution in [0.2, 0.25) is 0 Å². The highest BCUT2D eigenvalue weighted by molar-refractivity contribution is 6.22. The van der Waals surface area contributed by atoms with Crippen molar-refractivity contribution in [3.63, 3.8) is 0 Å². The molecular weight excluding hydrogens is 430 g/mol. The van der Waals surface area contributed by atoms with Crippen molar-refractivity contribution in [1.82, 2.24) is 0 Å². The molecular formula is C28H25NO5. The molecule has 3 fully saturated rings. The van der Waals surface area contributed by atoms with Crippen LogP contribution < -0.4 is 4.90 Å². The zero-order valence-electron chi connectivity index (χ0n) is 19.0. The molecule has 6 nitrogen and oxygen atoms in total. The number of carbonyl (C=O) groups excluding carboxylic acids is 4. The van der Waals surface area contributed by atoms with Gasteiger partial charge in [-0.15, -0.1) is 0 Å². The molecule has 7 rings (SSSR count). The van der Waals surface area contributed by atoms with E-state index in [-0.39, 0.29) is 46.8 Å². The predicted molar refractivity (Wildman–Crippen MR) is 124 cm³/mol. The Balaban J connectivity index is 1.16. The number of allylic oxidation sites excluding steroid dienone is 2. The Kier molecular flexibility index (Phi) is 4.63. The Labute approximate surface area is 197 Å². The number of rotatable bonds is 5. The fraction of sp³-hybridized carbons (Fsp3) is 0.357. The van der Waals surface area contributed by atoms with Crippen molar-refractivity contribution in [1.29, 1.82) is 0 Å². The molecule has 0 N–H and O–H groups in total. The summed E-state index contributed by atoms with van der Waals surface area (Å²) in [5, 5.41) is 0. The van der Waals surface area contributed by atoms with Gasteiger partial charge in [0.1, 0.15) is 0 Å². The standard InChI is InChI=1S/C28H25NO5/c1-14-3-5-16(6-4-14)25(30)15(2)34-28(33)17-7-9-18(10-8-17)29-26(31)23-19-11-12-20(22-13-21(19)22)24(23)27(29)32/h3-12,15,19-24H,13H2,1-2H3. The maximum Gasteiger partial charge on any atom is 0.338 e. The molecule has 2 aromatic carbocycles. The van der Waals surface area contributed by atoms with Crippen molar-refractivity contribution in [3.05, 3.63) is 77.4 Å². The van der Waals surface area contributed by atoms with E-state index in [0.717, 1.165) is 12.0 Å².